The summed E-state index contributed by atoms with van der Waals surface area (Å²) in [5.74, 6) is 2.97. The van der Waals surface area contributed by atoms with E-state index in [0.717, 1.165) is 22.5 Å². The Morgan fingerprint density at radius 2 is 1.94 bits per heavy atom. The predicted octanol–water partition coefficient (Wildman–Crippen LogP) is 4.39. The van der Waals surface area contributed by atoms with Gasteiger partial charge in [-0.1, -0.05) is 39.3 Å². The summed E-state index contributed by atoms with van der Waals surface area (Å²) in [6.07, 6.45) is 1.20. The summed E-state index contributed by atoms with van der Waals surface area (Å²) in [7, 11) is 0. The molecule has 1 heterocycles. The van der Waals surface area contributed by atoms with Crippen molar-refractivity contribution >= 4 is 23.4 Å². The van der Waals surface area contributed by atoms with Crippen LogP contribution in [0.3, 0.4) is 0 Å². The molecule has 0 radical (unpaired) electrons. The van der Waals surface area contributed by atoms with Crippen molar-refractivity contribution in [2.45, 2.75) is 45.1 Å². The Labute approximate surface area is 107 Å². The van der Waals surface area contributed by atoms with Crippen LogP contribution in [-0.4, -0.2) is 15.7 Å². The first-order valence-electron chi connectivity index (χ1n) is 5.66. The van der Waals surface area contributed by atoms with Crippen LogP contribution in [0.4, 0.5) is 0 Å². The Bertz CT molecular complexity index is 340. The fourth-order valence-corrected chi connectivity index (χ4v) is 2.55. The van der Waals surface area contributed by atoms with E-state index in [0.29, 0.717) is 11.1 Å². The molecule has 0 aromatic carbocycles. The summed E-state index contributed by atoms with van der Waals surface area (Å²) in [6, 6.07) is 1.85. The highest BCUT2D eigenvalue weighted by Crippen LogP contribution is 2.23. The molecule has 0 aliphatic rings. The van der Waals surface area contributed by atoms with Gasteiger partial charge in [0.2, 0.25) is 0 Å². The van der Waals surface area contributed by atoms with Crippen molar-refractivity contribution in [1.29, 1.82) is 0 Å². The molecule has 0 bridgehead atoms. The van der Waals surface area contributed by atoms with Gasteiger partial charge in [-0.05, 0) is 18.1 Å². The lowest BCUT2D eigenvalue weighted by Crippen LogP contribution is -1.99. The number of aromatic nitrogens is 2. The molecule has 0 atom stereocenters. The summed E-state index contributed by atoms with van der Waals surface area (Å²) >= 11 is 7.73. The molecule has 0 N–H and O–H groups in total. The highest BCUT2D eigenvalue weighted by molar-refractivity contribution is 7.99. The summed E-state index contributed by atoms with van der Waals surface area (Å²) in [4.78, 5) is 8.71. The molecular formula is C12H19ClN2S. The molecule has 4 heteroatoms. The third-order valence-corrected chi connectivity index (χ3v) is 3.29. The Hall–Kier alpha value is -0.280. The normalized spacial score (nSPS) is 11.4. The third kappa shape index (κ3) is 4.71. The van der Waals surface area contributed by atoms with Gasteiger partial charge >= 0.3 is 0 Å². The number of halogens is 1. The average Bonchev–Trinajstić information content (AvgIpc) is 2.16. The Morgan fingerprint density at radius 3 is 2.50 bits per heavy atom. The minimum Gasteiger partial charge on any atom is -0.226 e. The van der Waals surface area contributed by atoms with Gasteiger partial charge in [-0.15, -0.1) is 11.8 Å². The zero-order valence-corrected chi connectivity index (χ0v) is 11.9. The van der Waals surface area contributed by atoms with Gasteiger partial charge in [0.1, 0.15) is 16.0 Å². The maximum Gasteiger partial charge on any atom is 0.133 e. The van der Waals surface area contributed by atoms with Crippen molar-refractivity contribution in [2.75, 3.05) is 5.75 Å². The molecule has 0 saturated heterocycles. The fraction of sp³-hybridized carbons (Fsp3) is 0.667. The molecule has 0 aliphatic carbocycles. The highest BCUT2D eigenvalue weighted by atomic mass is 35.5. The second-order valence-electron chi connectivity index (χ2n) is 4.57. The van der Waals surface area contributed by atoms with E-state index in [2.05, 4.69) is 37.7 Å². The van der Waals surface area contributed by atoms with Crippen LogP contribution < -0.4 is 0 Å². The maximum absolute atomic E-state index is 5.97. The molecule has 0 unspecified atom stereocenters. The highest BCUT2D eigenvalue weighted by Gasteiger charge is 2.07. The van der Waals surface area contributed by atoms with Crippen LogP contribution in [0.25, 0.3) is 0 Å². The Morgan fingerprint density at radius 1 is 1.25 bits per heavy atom. The van der Waals surface area contributed by atoms with Crippen LogP contribution in [0.2, 0.25) is 5.15 Å². The summed E-state index contributed by atoms with van der Waals surface area (Å²) in [5.41, 5.74) is 0. The molecule has 0 saturated carbocycles. The second kappa shape index (κ2) is 6.45. The van der Waals surface area contributed by atoms with Crippen molar-refractivity contribution in [3.05, 3.63) is 17.0 Å². The maximum atomic E-state index is 5.97. The van der Waals surface area contributed by atoms with Gasteiger partial charge in [0, 0.05) is 12.0 Å². The van der Waals surface area contributed by atoms with E-state index in [9.17, 15) is 0 Å². The molecule has 2 nitrogen and oxygen atoms in total. The summed E-state index contributed by atoms with van der Waals surface area (Å²) in [5, 5.41) is 1.54. The second-order valence-corrected chi connectivity index (χ2v) is 6.08. The standard InChI is InChI=1S/C12H19ClN2S/c1-8(2)5-6-16-11-7-10(13)14-12(15-11)9(3)4/h7-9H,5-6H2,1-4H3. The van der Waals surface area contributed by atoms with E-state index in [1.807, 2.05) is 6.07 Å². The number of thioether (sulfide) groups is 1. The van der Waals surface area contributed by atoms with Crippen LogP contribution in [0.1, 0.15) is 45.9 Å². The first kappa shape index (κ1) is 13.8. The molecule has 0 fully saturated rings. The van der Waals surface area contributed by atoms with Gasteiger partial charge < -0.3 is 0 Å². The van der Waals surface area contributed by atoms with Gasteiger partial charge in [-0.3, -0.25) is 0 Å². The van der Waals surface area contributed by atoms with Crippen molar-refractivity contribution in [2.24, 2.45) is 5.92 Å². The first-order chi connectivity index (χ1) is 7.49. The molecule has 0 aliphatic heterocycles. The number of hydrogen-bond acceptors (Lipinski definition) is 3. The minimum atomic E-state index is 0.322. The molecule has 90 valence electrons. The number of rotatable bonds is 5. The lowest BCUT2D eigenvalue weighted by atomic mass is 10.2. The topological polar surface area (TPSA) is 25.8 Å². The van der Waals surface area contributed by atoms with Gasteiger partial charge in [-0.25, -0.2) is 9.97 Å². The minimum absolute atomic E-state index is 0.322. The predicted molar refractivity (Wildman–Crippen MR) is 71.3 cm³/mol. The monoisotopic (exact) mass is 258 g/mol. The molecular weight excluding hydrogens is 240 g/mol. The molecule has 0 spiro atoms. The van der Waals surface area contributed by atoms with Gasteiger partial charge in [0.25, 0.3) is 0 Å². The molecule has 1 aromatic rings. The van der Waals surface area contributed by atoms with Gasteiger partial charge in [0.05, 0.1) is 0 Å². The first-order valence-corrected chi connectivity index (χ1v) is 7.02. The lowest BCUT2D eigenvalue weighted by molar-refractivity contribution is 0.631. The van der Waals surface area contributed by atoms with Crippen molar-refractivity contribution < 1.29 is 0 Å². The largest absolute Gasteiger partial charge is 0.226 e. The van der Waals surface area contributed by atoms with E-state index >= 15 is 0 Å². The van der Waals surface area contributed by atoms with E-state index in [4.69, 9.17) is 11.6 Å². The third-order valence-electron chi connectivity index (χ3n) is 2.15. The van der Waals surface area contributed by atoms with Crippen molar-refractivity contribution in [3.8, 4) is 0 Å². The van der Waals surface area contributed by atoms with E-state index in [1.54, 1.807) is 11.8 Å². The van der Waals surface area contributed by atoms with Crippen molar-refractivity contribution in [1.82, 2.24) is 9.97 Å². The number of hydrogen-bond donors (Lipinski definition) is 0. The summed E-state index contributed by atoms with van der Waals surface area (Å²) in [6.45, 7) is 8.61. The van der Waals surface area contributed by atoms with E-state index in [1.165, 1.54) is 6.42 Å². The lowest BCUT2D eigenvalue weighted by Gasteiger charge is -2.08. The Balaban J connectivity index is 2.65. The van der Waals surface area contributed by atoms with Gasteiger partial charge in [0.15, 0.2) is 0 Å². The van der Waals surface area contributed by atoms with Crippen LogP contribution in [0, 0.1) is 5.92 Å². The van der Waals surface area contributed by atoms with Gasteiger partial charge in [-0.2, -0.15) is 0 Å². The zero-order valence-electron chi connectivity index (χ0n) is 10.3. The molecule has 1 aromatic heterocycles. The number of nitrogens with zero attached hydrogens (tertiary/aromatic N) is 2. The fourth-order valence-electron chi connectivity index (χ4n) is 1.15. The molecule has 0 amide bonds. The van der Waals surface area contributed by atoms with Crippen molar-refractivity contribution in [3.63, 3.8) is 0 Å². The molecule has 1 rings (SSSR count). The van der Waals surface area contributed by atoms with E-state index in [-0.39, 0.29) is 0 Å². The molecule has 16 heavy (non-hydrogen) atoms. The Kier molecular flexibility index (Phi) is 5.56. The SMILES string of the molecule is CC(C)CCSc1cc(Cl)nc(C(C)C)n1. The summed E-state index contributed by atoms with van der Waals surface area (Å²) < 4.78 is 0. The van der Waals surface area contributed by atoms with Crippen LogP contribution in [0.5, 0.6) is 0 Å². The van der Waals surface area contributed by atoms with Crippen LogP contribution in [-0.2, 0) is 0 Å². The van der Waals surface area contributed by atoms with Crippen LogP contribution in [0.15, 0.2) is 11.1 Å². The van der Waals surface area contributed by atoms with E-state index < -0.39 is 0 Å². The zero-order chi connectivity index (χ0) is 12.1. The average molecular weight is 259 g/mol. The smallest absolute Gasteiger partial charge is 0.133 e. The van der Waals surface area contributed by atoms with Crippen LogP contribution >= 0.6 is 23.4 Å². The quantitative estimate of drug-likeness (QED) is 0.579.